The molecule has 0 fully saturated rings. The summed E-state index contributed by atoms with van der Waals surface area (Å²) in [5.41, 5.74) is 0. The van der Waals surface area contributed by atoms with Gasteiger partial charge in [-0.1, -0.05) is 5.16 Å². The van der Waals surface area contributed by atoms with Crippen molar-refractivity contribution in [1.29, 1.82) is 0 Å². The molecule has 0 unspecified atom stereocenters. The average Bonchev–Trinajstić information content (AvgIpc) is 2.46. The monoisotopic (exact) mass is 222 g/mol. The fourth-order valence-corrected chi connectivity index (χ4v) is 0.930. The van der Waals surface area contributed by atoms with Crippen LogP contribution in [0, 0.1) is 0 Å². The zero-order chi connectivity index (χ0) is 11.5. The van der Waals surface area contributed by atoms with Crippen LogP contribution in [0.1, 0.15) is 25.1 Å². The number of hydrogen-bond donors (Lipinski definition) is 0. The molecule has 1 rings (SSSR count). The topological polar surface area (TPSA) is 56.0 Å². The highest BCUT2D eigenvalue weighted by Crippen LogP contribution is 2.21. The molecule has 0 aliphatic carbocycles. The number of aryl methyl sites for hydroxylation is 1. The van der Waals surface area contributed by atoms with E-state index >= 15 is 0 Å². The molecule has 0 N–H and O–H groups in total. The van der Waals surface area contributed by atoms with Gasteiger partial charge in [0.1, 0.15) is 5.78 Å². The Morgan fingerprint density at radius 3 is 2.67 bits per heavy atom. The Morgan fingerprint density at radius 2 is 2.13 bits per heavy atom. The van der Waals surface area contributed by atoms with Gasteiger partial charge in [-0.05, 0) is 6.92 Å². The van der Waals surface area contributed by atoms with Crippen LogP contribution in [0.3, 0.4) is 0 Å². The molecule has 0 aliphatic rings. The van der Waals surface area contributed by atoms with E-state index in [0.29, 0.717) is 0 Å². The van der Waals surface area contributed by atoms with Gasteiger partial charge in [0.05, 0.1) is 12.8 Å². The summed E-state index contributed by atoms with van der Waals surface area (Å²) in [6.45, 7) is 1.33. The Bertz CT molecular complexity index is 346. The third-order valence-corrected chi connectivity index (χ3v) is 1.54. The molecule has 4 nitrogen and oxygen atoms in total. The van der Waals surface area contributed by atoms with Crippen LogP contribution < -0.4 is 0 Å². The summed E-state index contributed by atoms with van der Waals surface area (Å²) in [5.74, 6) is -0.149. The van der Waals surface area contributed by atoms with Crippen LogP contribution in [0.25, 0.3) is 0 Å². The molecule has 0 saturated heterocycles. The van der Waals surface area contributed by atoms with E-state index in [4.69, 9.17) is 0 Å². The van der Waals surface area contributed by atoms with Gasteiger partial charge < -0.3 is 4.52 Å². The first-order valence-electron chi connectivity index (χ1n) is 4.24. The molecule has 0 spiro atoms. The highest BCUT2D eigenvalue weighted by atomic mass is 19.4. The van der Waals surface area contributed by atoms with Crippen LogP contribution in [0.2, 0.25) is 0 Å². The van der Waals surface area contributed by atoms with Gasteiger partial charge in [-0.3, -0.25) is 4.79 Å². The lowest BCUT2D eigenvalue weighted by atomic mass is 10.3. The standard InChI is InChI=1S/C8H9F3N2O2/c1-5(14)4-7-12-6(13-15-7)2-3-8(9,10)11/h2-4H2,1H3. The molecule has 1 aromatic heterocycles. The zero-order valence-electron chi connectivity index (χ0n) is 7.97. The van der Waals surface area contributed by atoms with Crippen molar-refractivity contribution in [2.75, 3.05) is 0 Å². The normalized spacial score (nSPS) is 11.7. The van der Waals surface area contributed by atoms with Crippen molar-refractivity contribution < 1.29 is 22.5 Å². The Labute approximate surface area is 83.5 Å². The second kappa shape index (κ2) is 4.41. The molecule has 0 radical (unpaired) electrons. The second-order valence-corrected chi connectivity index (χ2v) is 3.10. The number of carbonyl (C=O) groups is 1. The fourth-order valence-electron chi connectivity index (χ4n) is 0.930. The minimum absolute atomic E-state index is 0.0245. The van der Waals surface area contributed by atoms with Gasteiger partial charge in [0.25, 0.3) is 0 Å². The number of rotatable bonds is 4. The maximum atomic E-state index is 11.8. The number of alkyl halides is 3. The van der Waals surface area contributed by atoms with E-state index in [1.807, 2.05) is 0 Å². The van der Waals surface area contributed by atoms with E-state index in [9.17, 15) is 18.0 Å². The molecule has 0 bridgehead atoms. The van der Waals surface area contributed by atoms with Gasteiger partial charge in [-0.25, -0.2) is 0 Å². The lowest BCUT2D eigenvalue weighted by Gasteiger charge is -2.01. The third-order valence-electron chi connectivity index (χ3n) is 1.54. The Kier molecular flexibility index (Phi) is 3.43. The first-order chi connectivity index (χ1) is 6.87. The van der Waals surface area contributed by atoms with Crippen LogP contribution in [0.15, 0.2) is 4.52 Å². The Hall–Kier alpha value is -1.40. The summed E-state index contributed by atoms with van der Waals surface area (Å²) < 4.78 is 40.0. The highest BCUT2D eigenvalue weighted by Gasteiger charge is 2.27. The van der Waals surface area contributed by atoms with E-state index < -0.39 is 12.6 Å². The predicted molar refractivity (Wildman–Crippen MR) is 43.1 cm³/mol. The van der Waals surface area contributed by atoms with Crippen molar-refractivity contribution in [3.8, 4) is 0 Å². The summed E-state index contributed by atoms with van der Waals surface area (Å²) in [5, 5.41) is 3.33. The van der Waals surface area contributed by atoms with Gasteiger partial charge in [-0.2, -0.15) is 18.2 Å². The number of aromatic nitrogens is 2. The van der Waals surface area contributed by atoms with Crippen molar-refractivity contribution in [2.24, 2.45) is 0 Å². The van der Waals surface area contributed by atoms with Crippen LogP contribution in [0.4, 0.5) is 13.2 Å². The van der Waals surface area contributed by atoms with Crippen molar-refractivity contribution in [3.05, 3.63) is 11.7 Å². The molecule has 1 aromatic rings. The molecular weight excluding hydrogens is 213 g/mol. The number of hydrogen-bond acceptors (Lipinski definition) is 4. The van der Waals surface area contributed by atoms with Crippen LogP contribution in [-0.4, -0.2) is 22.1 Å². The maximum absolute atomic E-state index is 11.8. The van der Waals surface area contributed by atoms with E-state index in [-0.39, 0.29) is 30.3 Å². The predicted octanol–water partition coefficient (Wildman–Crippen LogP) is 1.70. The third kappa shape index (κ3) is 4.57. The minimum Gasteiger partial charge on any atom is -0.339 e. The van der Waals surface area contributed by atoms with Gasteiger partial charge in [0, 0.05) is 6.42 Å². The number of carbonyl (C=O) groups excluding carboxylic acids is 1. The minimum atomic E-state index is -4.23. The van der Waals surface area contributed by atoms with Crippen LogP contribution in [0.5, 0.6) is 0 Å². The molecule has 7 heteroatoms. The summed E-state index contributed by atoms with van der Waals surface area (Å²) in [6, 6.07) is 0. The summed E-state index contributed by atoms with van der Waals surface area (Å²) in [6.07, 6.45) is -5.60. The smallest absolute Gasteiger partial charge is 0.339 e. The lowest BCUT2D eigenvalue weighted by Crippen LogP contribution is -2.09. The zero-order valence-corrected chi connectivity index (χ0v) is 7.97. The molecule has 15 heavy (non-hydrogen) atoms. The molecule has 84 valence electrons. The molecule has 0 aliphatic heterocycles. The first kappa shape index (κ1) is 11.7. The fraction of sp³-hybridized carbons (Fsp3) is 0.625. The molecule has 0 atom stereocenters. The SMILES string of the molecule is CC(=O)Cc1nc(CCC(F)(F)F)no1. The quantitative estimate of drug-likeness (QED) is 0.777. The van der Waals surface area contributed by atoms with Crippen LogP contribution in [-0.2, 0) is 17.6 Å². The summed E-state index contributed by atoms with van der Waals surface area (Å²) in [4.78, 5) is 14.3. The number of halogens is 3. The highest BCUT2D eigenvalue weighted by molar-refractivity contribution is 5.77. The van der Waals surface area contributed by atoms with Gasteiger partial charge in [-0.15, -0.1) is 0 Å². The van der Waals surface area contributed by atoms with Crippen molar-refractivity contribution in [3.63, 3.8) is 0 Å². The number of Topliss-reactive ketones (excluding diaryl/α,β-unsaturated/α-hetero) is 1. The molecule has 0 amide bonds. The largest absolute Gasteiger partial charge is 0.389 e. The molecule has 0 aromatic carbocycles. The van der Waals surface area contributed by atoms with Crippen LogP contribution >= 0.6 is 0 Å². The summed E-state index contributed by atoms with van der Waals surface area (Å²) >= 11 is 0. The maximum Gasteiger partial charge on any atom is 0.389 e. The van der Waals surface area contributed by atoms with E-state index in [1.165, 1.54) is 6.92 Å². The van der Waals surface area contributed by atoms with Gasteiger partial charge >= 0.3 is 6.18 Å². The lowest BCUT2D eigenvalue weighted by molar-refractivity contribution is -0.134. The Balaban J connectivity index is 2.50. The molecule has 0 saturated carbocycles. The molecule has 1 heterocycles. The van der Waals surface area contributed by atoms with E-state index in [0.717, 1.165) is 0 Å². The number of ketones is 1. The Morgan fingerprint density at radius 1 is 1.47 bits per heavy atom. The van der Waals surface area contributed by atoms with E-state index in [1.54, 1.807) is 0 Å². The molecular formula is C8H9F3N2O2. The first-order valence-corrected chi connectivity index (χ1v) is 4.24. The summed E-state index contributed by atoms with van der Waals surface area (Å²) in [7, 11) is 0. The second-order valence-electron chi connectivity index (χ2n) is 3.10. The number of nitrogens with zero attached hydrogens (tertiary/aromatic N) is 2. The van der Waals surface area contributed by atoms with Crippen molar-refractivity contribution >= 4 is 5.78 Å². The van der Waals surface area contributed by atoms with Gasteiger partial charge in [0.15, 0.2) is 5.82 Å². The van der Waals surface area contributed by atoms with Gasteiger partial charge in [0.2, 0.25) is 5.89 Å². The van der Waals surface area contributed by atoms with Crippen molar-refractivity contribution in [1.82, 2.24) is 10.1 Å². The van der Waals surface area contributed by atoms with Crippen molar-refractivity contribution in [2.45, 2.75) is 32.4 Å². The van der Waals surface area contributed by atoms with E-state index in [2.05, 4.69) is 14.7 Å². The average molecular weight is 222 g/mol.